The predicted octanol–water partition coefficient (Wildman–Crippen LogP) is 0.792. The highest BCUT2D eigenvalue weighted by molar-refractivity contribution is 7.93. The molecular formula is C7H11NO2S. The average Bonchev–Trinajstić information content (AvgIpc) is 2.00. The van der Waals surface area contributed by atoms with Crippen LogP contribution in [0.4, 0.5) is 0 Å². The van der Waals surface area contributed by atoms with Gasteiger partial charge in [-0.1, -0.05) is 19.2 Å². The van der Waals surface area contributed by atoms with E-state index in [1.807, 2.05) is 0 Å². The Morgan fingerprint density at radius 3 is 2.27 bits per heavy atom. The van der Waals surface area contributed by atoms with E-state index < -0.39 is 10.0 Å². The molecule has 0 rings (SSSR count). The summed E-state index contributed by atoms with van der Waals surface area (Å²) < 4.78 is 24.2. The molecule has 0 aliphatic heterocycles. The number of allylic oxidation sites excluding steroid dienone is 3. The quantitative estimate of drug-likeness (QED) is 0.639. The summed E-state index contributed by atoms with van der Waals surface area (Å²) in [7, 11) is -2.01. The molecule has 0 unspecified atom stereocenters. The molecule has 1 N–H and O–H groups in total. The van der Waals surface area contributed by atoms with Gasteiger partial charge in [0, 0.05) is 0 Å². The van der Waals surface area contributed by atoms with Crippen LogP contribution in [0.25, 0.3) is 0 Å². The minimum Gasteiger partial charge on any atom is -0.214 e. The molecule has 0 aromatic carbocycles. The largest absolute Gasteiger partial charge is 0.240 e. The highest BCUT2D eigenvalue weighted by atomic mass is 32.2. The monoisotopic (exact) mass is 173 g/mol. The van der Waals surface area contributed by atoms with Crippen LogP contribution in [0.5, 0.6) is 0 Å². The van der Waals surface area contributed by atoms with Gasteiger partial charge in [-0.25, -0.2) is 13.1 Å². The van der Waals surface area contributed by atoms with Crippen LogP contribution in [0.15, 0.2) is 36.3 Å². The molecule has 0 saturated carbocycles. The zero-order valence-corrected chi connectivity index (χ0v) is 7.19. The van der Waals surface area contributed by atoms with Crippen molar-refractivity contribution < 1.29 is 8.42 Å². The summed E-state index contributed by atoms with van der Waals surface area (Å²) in [5.41, 5.74) is 0. The summed E-state index contributed by atoms with van der Waals surface area (Å²) >= 11 is 0. The van der Waals surface area contributed by atoms with Crippen molar-refractivity contribution in [2.24, 2.45) is 0 Å². The molecular weight excluding hydrogens is 162 g/mol. The molecule has 0 radical (unpaired) electrons. The second-order valence-corrected chi connectivity index (χ2v) is 3.60. The molecule has 3 nitrogen and oxygen atoms in total. The fourth-order valence-corrected chi connectivity index (χ4v) is 1.23. The minimum atomic E-state index is -3.35. The molecule has 0 bridgehead atoms. The molecule has 0 heterocycles. The van der Waals surface area contributed by atoms with Gasteiger partial charge in [-0.3, -0.25) is 0 Å². The maximum absolute atomic E-state index is 11.0. The summed E-state index contributed by atoms with van der Waals surface area (Å²) in [6.07, 6.45) is 4.03. The van der Waals surface area contributed by atoms with Gasteiger partial charge in [0.25, 0.3) is 0 Å². The van der Waals surface area contributed by atoms with E-state index in [9.17, 15) is 8.42 Å². The van der Waals surface area contributed by atoms with Crippen LogP contribution in [0.1, 0.15) is 0 Å². The Kier molecular flexibility index (Phi) is 3.78. The molecule has 0 aliphatic carbocycles. The van der Waals surface area contributed by atoms with Gasteiger partial charge >= 0.3 is 0 Å². The van der Waals surface area contributed by atoms with Crippen molar-refractivity contribution in [1.82, 2.24) is 4.72 Å². The lowest BCUT2D eigenvalue weighted by atomic mass is 10.5. The lowest BCUT2D eigenvalue weighted by Gasteiger charge is -2.00. The van der Waals surface area contributed by atoms with Crippen LogP contribution in [-0.4, -0.2) is 15.5 Å². The van der Waals surface area contributed by atoms with Crippen molar-refractivity contribution in [3.63, 3.8) is 0 Å². The number of rotatable bonds is 4. The van der Waals surface area contributed by atoms with Crippen LogP contribution in [0, 0.1) is 0 Å². The first-order valence-electron chi connectivity index (χ1n) is 2.97. The van der Waals surface area contributed by atoms with E-state index in [4.69, 9.17) is 0 Å². The highest BCUT2D eigenvalue weighted by Gasteiger charge is 2.09. The van der Waals surface area contributed by atoms with E-state index in [2.05, 4.69) is 17.9 Å². The molecule has 0 fully saturated rings. The SMILES string of the molecule is C=C/C=C(\C=C)S(=O)(=O)NC. The van der Waals surface area contributed by atoms with E-state index in [-0.39, 0.29) is 4.91 Å². The van der Waals surface area contributed by atoms with Crippen LogP contribution in [-0.2, 0) is 10.0 Å². The Hall–Kier alpha value is -0.870. The van der Waals surface area contributed by atoms with Gasteiger partial charge in [-0.15, -0.1) is 0 Å². The predicted molar refractivity (Wildman–Crippen MR) is 46.5 cm³/mol. The first kappa shape index (κ1) is 10.1. The van der Waals surface area contributed by atoms with E-state index in [0.29, 0.717) is 0 Å². The van der Waals surface area contributed by atoms with Crippen molar-refractivity contribution in [3.05, 3.63) is 36.3 Å². The number of hydrogen-bond acceptors (Lipinski definition) is 2. The van der Waals surface area contributed by atoms with Crippen molar-refractivity contribution in [2.45, 2.75) is 0 Å². The number of nitrogens with one attached hydrogen (secondary N) is 1. The van der Waals surface area contributed by atoms with Gasteiger partial charge in [0.15, 0.2) is 0 Å². The van der Waals surface area contributed by atoms with Gasteiger partial charge in [-0.05, 0) is 19.2 Å². The fraction of sp³-hybridized carbons (Fsp3) is 0.143. The lowest BCUT2D eigenvalue weighted by Crippen LogP contribution is -2.19. The number of sulfonamides is 1. The summed E-state index contributed by atoms with van der Waals surface area (Å²) in [5.74, 6) is 0. The van der Waals surface area contributed by atoms with Gasteiger partial charge in [0.05, 0.1) is 4.91 Å². The Bertz CT molecular complexity index is 275. The van der Waals surface area contributed by atoms with Crippen LogP contribution >= 0.6 is 0 Å². The van der Waals surface area contributed by atoms with Gasteiger partial charge < -0.3 is 0 Å². The second kappa shape index (κ2) is 4.10. The number of hydrogen-bond donors (Lipinski definition) is 1. The third-order valence-electron chi connectivity index (χ3n) is 1.06. The van der Waals surface area contributed by atoms with Crippen molar-refractivity contribution in [2.75, 3.05) is 7.05 Å². The van der Waals surface area contributed by atoms with Crippen LogP contribution in [0.3, 0.4) is 0 Å². The van der Waals surface area contributed by atoms with Crippen molar-refractivity contribution in [1.29, 1.82) is 0 Å². The minimum absolute atomic E-state index is 0.120. The van der Waals surface area contributed by atoms with E-state index in [1.165, 1.54) is 25.3 Å². The van der Waals surface area contributed by atoms with Crippen molar-refractivity contribution >= 4 is 10.0 Å². The topological polar surface area (TPSA) is 46.2 Å². The zero-order chi connectivity index (χ0) is 8.91. The molecule has 0 saturated heterocycles. The molecule has 0 spiro atoms. The third kappa shape index (κ3) is 2.69. The molecule has 62 valence electrons. The summed E-state index contributed by atoms with van der Waals surface area (Å²) in [5, 5.41) is 0. The van der Waals surface area contributed by atoms with Crippen LogP contribution < -0.4 is 4.72 Å². The smallest absolute Gasteiger partial charge is 0.214 e. The van der Waals surface area contributed by atoms with E-state index >= 15 is 0 Å². The normalized spacial score (nSPS) is 12.6. The molecule has 0 amide bonds. The Morgan fingerprint density at radius 2 is 2.00 bits per heavy atom. The third-order valence-corrected chi connectivity index (χ3v) is 2.52. The highest BCUT2D eigenvalue weighted by Crippen LogP contribution is 2.03. The lowest BCUT2D eigenvalue weighted by molar-refractivity contribution is 0.595. The standard InChI is InChI=1S/C7H11NO2S/c1-4-6-7(5-2)11(9,10)8-3/h4-6,8H,1-2H2,3H3/b7-6+. The molecule has 0 aromatic rings. The maximum atomic E-state index is 11.0. The van der Waals surface area contributed by atoms with E-state index in [0.717, 1.165) is 0 Å². The van der Waals surface area contributed by atoms with Gasteiger partial charge in [0.2, 0.25) is 10.0 Å². The molecule has 4 heteroatoms. The second-order valence-electron chi connectivity index (χ2n) is 1.72. The Labute approximate surface area is 67.2 Å². The average molecular weight is 173 g/mol. The first-order chi connectivity index (χ1) is 5.08. The van der Waals surface area contributed by atoms with E-state index in [1.54, 1.807) is 0 Å². The van der Waals surface area contributed by atoms with Gasteiger partial charge in [-0.2, -0.15) is 0 Å². The zero-order valence-electron chi connectivity index (χ0n) is 6.37. The molecule has 0 aliphatic rings. The molecule has 11 heavy (non-hydrogen) atoms. The summed E-state index contributed by atoms with van der Waals surface area (Å²) in [4.78, 5) is 0.120. The Balaban J connectivity index is 4.95. The summed E-state index contributed by atoms with van der Waals surface area (Å²) in [6, 6.07) is 0. The van der Waals surface area contributed by atoms with Crippen LogP contribution in [0.2, 0.25) is 0 Å². The summed E-state index contributed by atoms with van der Waals surface area (Å²) in [6.45, 7) is 6.74. The molecule has 0 atom stereocenters. The first-order valence-corrected chi connectivity index (χ1v) is 4.45. The Morgan fingerprint density at radius 1 is 1.45 bits per heavy atom. The molecule has 0 aromatic heterocycles. The fourth-order valence-electron chi connectivity index (χ4n) is 0.501. The van der Waals surface area contributed by atoms with Crippen molar-refractivity contribution in [3.8, 4) is 0 Å². The maximum Gasteiger partial charge on any atom is 0.240 e. The van der Waals surface area contributed by atoms with Gasteiger partial charge in [0.1, 0.15) is 0 Å².